The van der Waals surface area contributed by atoms with E-state index in [4.69, 9.17) is 0 Å². The largest absolute Gasteiger partial charge is 0.385 e. The Kier molecular flexibility index (Phi) is 3.57. The monoisotopic (exact) mass is 232 g/mol. The predicted molar refractivity (Wildman–Crippen MR) is 71.1 cm³/mol. The molecule has 84 valence electrons. The van der Waals surface area contributed by atoms with Crippen LogP contribution in [0.5, 0.6) is 0 Å². The first-order chi connectivity index (χ1) is 7.81. The van der Waals surface area contributed by atoms with E-state index in [1.165, 1.54) is 10.4 Å². The molecule has 1 N–H and O–H groups in total. The van der Waals surface area contributed by atoms with Crippen molar-refractivity contribution in [3.63, 3.8) is 0 Å². The Bertz CT molecular complexity index is 462. The van der Waals surface area contributed by atoms with Crippen LogP contribution < -0.4 is 5.32 Å². The molecule has 0 amide bonds. The molecule has 2 aromatic heterocycles. The van der Waals surface area contributed by atoms with Gasteiger partial charge in [0, 0.05) is 28.9 Å². The molecule has 0 bridgehead atoms. The first-order valence-corrected chi connectivity index (χ1v) is 6.43. The summed E-state index contributed by atoms with van der Waals surface area (Å²) >= 11 is 1.76. The maximum absolute atomic E-state index is 4.42. The number of hydrogen-bond donors (Lipinski definition) is 1. The second kappa shape index (κ2) is 5.12. The average molecular weight is 232 g/mol. The van der Waals surface area contributed by atoms with Gasteiger partial charge in [-0.25, -0.2) is 0 Å². The molecule has 0 saturated heterocycles. The van der Waals surface area contributed by atoms with Gasteiger partial charge in [0.2, 0.25) is 0 Å². The van der Waals surface area contributed by atoms with Crippen molar-refractivity contribution in [2.45, 2.75) is 20.3 Å². The van der Waals surface area contributed by atoms with Crippen LogP contribution in [0.1, 0.15) is 18.2 Å². The highest BCUT2D eigenvalue weighted by molar-refractivity contribution is 7.10. The first kappa shape index (κ1) is 11.1. The molecule has 0 aliphatic heterocycles. The molecule has 0 aromatic carbocycles. The van der Waals surface area contributed by atoms with Crippen LogP contribution in [0.4, 0.5) is 5.69 Å². The van der Waals surface area contributed by atoms with Crippen molar-refractivity contribution in [3.8, 4) is 11.3 Å². The second-order valence-electron chi connectivity index (χ2n) is 3.75. The van der Waals surface area contributed by atoms with Crippen molar-refractivity contribution in [1.82, 2.24) is 4.98 Å². The third-order valence-electron chi connectivity index (χ3n) is 2.47. The molecule has 2 nitrogen and oxygen atoms in total. The van der Waals surface area contributed by atoms with Crippen molar-refractivity contribution in [1.29, 1.82) is 0 Å². The van der Waals surface area contributed by atoms with Crippen LogP contribution in [0.2, 0.25) is 0 Å². The minimum absolute atomic E-state index is 1.01. The number of thiophene rings is 1. The molecule has 3 heteroatoms. The normalized spacial score (nSPS) is 10.4. The van der Waals surface area contributed by atoms with E-state index in [0.29, 0.717) is 0 Å². The number of pyridine rings is 1. The first-order valence-electron chi connectivity index (χ1n) is 5.55. The summed E-state index contributed by atoms with van der Waals surface area (Å²) < 4.78 is 0. The quantitative estimate of drug-likeness (QED) is 0.863. The summed E-state index contributed by atoms with van der Waals surface area (Å²) in [6.45, 7) is 5.30. The lowest BCUT2D eigenvalue weighted by atomic mass is 10.1. The third-order valence-corrected chi connectivity index (χ3v) is 3.32. The maximum Gasteiger partial charge on any atom is 0.0733 e. The van der Waals surface area contributed by atoms with Crippen LogP contribution in [-0.4, -0.2) is 11.5 Å². The van der Waals surface area contributed by atoms with Crippen LogP contribution in [0.15, 0.2) is 29.8 Å². The van der Waals surface area contributed by atoms with Crippen molar-refractivity contribution in [2.75, 3.05) is 11.9 Å². The van der Waals surface area contributed by atoms with E-state index in [0.717, 1.165) is 24.3 Å². The van der Waals surface area contributed by atoms with Gasteiger partial charge < -0.3 is 5.32 Å². The number of aromatic nitrogens is 1. The summed E-state index contributed by atoms with van der Waals surface area (Å²) in [7, 11) is 0. The number of aryl methyl sites for hydroxylation is 1. The molecular formula is C13H16N2S. The number of rotatable bonds is 4. The van der Waals surface area contributed by atoms with E-state index in [-0.39, 0.29) is 0 Å². The zero-order chi connectivity index (χ0) is 11.4. The fourth-order valence-electron chi connectivity index (χ4n) is 1.61. The fourth-order valence-corrected chi connectivity index (χ4v) is 2.32. The molecule has 2 heterocycles. The van der Waals surface area contributed by atoms with Gasteiger partial charge in [0.05, 0.1) is 5.69 Å². The smallest absolute Gasteiger partial charge is 0.0733 e. The average Bonchev–Trinajstić information content (AvgIpc) is 2.73. The van der Waals surface area contributed by atoms with Gasteiger partial charge in [-0.05, 0) is 36.9 Å². The summed E-state index contributed by atoms with van der Waals surface area (Å²) in [4.78, 5) is 5.74. The highest BCUT2D eigenvalue weighted by Crippen LogP contribution is 2.27. The highest BCUT2D eigenvalue weighted by Gasteiger charge is 2.04. The molecule has 0 unspecified atom stereocenters. The van der Waals surface area contributed by atoms with Gasteiger partial charge in [-0.1, -0.05) is 6.92 Å². The van der Waals surface area contributed by atoms with Crippen molar-refractivity contribution in [2.24, 2.45) is 0 Å². The van der Waals surface area contributed by atoms with Gasteiger partial charge in [-0.2, -0.15) is 0 Å². The summed E-state index contributed by atoms with van der Waals surface area (Å²) in [5.74, 6) is 0. The summed E-state index contributed by atoms with van der Waals surface area (Å²) in [6, 6.07) is 6.26. The van der Waals surface area contributed by atoms with Crippen molar-refractivity contribution >= 4 is 17.0 Å². The third kappa shape index (κ3) is 2.42. The van der Waals surface area contributed by atoms with Crippen molar-refractivity contribution in [3.05, 3.63) is 34.7 Å². The number of anilines is 1. The van der Waals surface area contributed by atoms with Gasteiger partial charge in [-0.3, -0.25) is 4.98 Å². The lowest BCUT2D eigenvalue weighted by molar-refractivity contribution is 0.979. The minimum atomic E-state index is 1.01. The zero-order valence-corrected chi connectivity index (χ0v) is 10.5. The topological polar surface area (TPSA) is 24.9 Å². The lowest BCUT2D eigenvalue weighted by Crippen LogP contribution is -1.99. The Morgan fingerprint density at radius 2 is 2.25 bits per heavy atom. The Labute approximate surface area is 100 Å². The van der Waals surface area contributed by atoms with Crippen LogP contribution in [0, 0.1) is 6.92 Å². The van der Waals surface area contributed by atoms with E-state index in [1.807, 2.05) is 12.3 Å². The van der Waals surface area contributed by atoms with Crippen LogP contribution >= 0.6 is 11.3 Å². The number of nitrogens with one attached hydrogen (secondary N) is 1. The van der Waals surface area contributed by atoms with Gasteiger partial charge >= 0.3 is 0 Å². The molecule has 16 heavy (non-hydrogen) atoms. The van der Waals surface area contributed by atoms with Gasteiger partial charge in [0.15, 0.2) is 0 Å². The van der Waals surface area contributed by atoms with E-state index in [2.05, 4.69) is 41.7 Å². The Hall–Kier alpha value is -1.35. The molecule has 0 fully saturated rings. The van der Waals surface area contributed by atoms with Crippen molar-refractivity contribution < 1.29 is 0 Å². The SMILES string of the molecule is CCCNc1ccnc(-c2ccsc2C)c1. The number of hydrogen-bond acceptors (Lipinski definition) is 3. The van der Waals surface area contributed by atoms with Crippen LogP contribution in [-0.2, 0) is 0 Å². The molecular weight excluding hydrogens is 216 g/mol. The van der Waals surface area contributed by atoms with E-state index >= 15 is 0 Å². The van der Waals surface area contributed by atoms with Crippen LogP contribution in [0.25, 0.3) is 11.3 Å². The molecule has 0 radical (unpaired) electrons. The molecule has 2 aromatic rings. The molecule has 0 aliphatic carbocycles. The molecule has 0 atom stereocenters. The summed E-state index contributed by atoms with van der Waals surface area (Å²) in [5.41, 5.74) is 3.45. The van der Waals surface area contributed by atoms with Gasteiger partial charge in [0.25, 0.3) is 0 Å². The van der Waals surface area contributed by atoms with E-state index in [9.17, 15) is 0 Å². The Balaban J connectivity index is 2.26. The highest BCUT2D eigenvalue weighted by atomic mass is 32.1. The molecule has 2 rings (SSSR count). The second-order valence-corrected chi connectivity index (χ2v) is 4.87. The molecule has 0 saturated carbocycles. The Morgan fingerprint density at radius 1 is 1.38 bits per heavy atom. The molecule has 0 aliphatic rings. The van der Waals surface area contributed by atoms with E-state index < -0.39 is 0 Å². The molecule has 0 spiro atoms. The zero-order valence-electron chi connectivity index (χ0n) is 9.66. The maximum atomic E-state index is 4.42. The lowest BCUT2D eigenvalue weighted by Gasteiger charge is -2.06. The van der Waals surface area contributed by atoms with Gasteiger partial charge in [0.1, 0.15) is 0 Å². The summed E-state index contributed by atoms with van der Waals surface area (Å²) in [5, 5.41) is 5.49. The van der Waals surface area contributed by atoms with Gasteiger partial charge in [-0.15, -0.1) is 11.3 Å². The predicted octanol–water partition coefficient (Wildman–Crippen LogP) is 3.94. The standard InChI is InChI=1S/C13H16N2S/c1-3-6-14-11-4-7-15-13(9-11)12-5-8-16-10(12)2/h4-5,7-9H,3,6H2,1-2H3,(H,14,15). The minimum Gasteiger partial charge on any atom is -0.385 e. The number of nitrogens with zero attached hydrogens (tertiary/aromatic N) is 1. The summed E-state index contributed by atoms with van der Waals surface area (Å²) in [6.07, 6.45) is 3.00. The van der Waals surface area contributed by atoms with Crippen LogP contribution in [0.3, 0.4) is 0 Å². The van der Waals surface area contributed by atoms with E-state index in [1.54, 1.807) is 11.3 Å². The fraction of sp³-hybridized carbons (Fsp3) is 0.308. The Morgan fingerprint density at radius 3 is 2.94 bits per heavy atom.